The third-order valence-corrected chi connectivity index (χ3v) is 7.94. The Morgan fingerprint density at radius 3 is 2.44 bits per heavy atom. The van der Waals surface area contributed by atoms with Crippen LogP contribution in [0.15, 0.2) is 22.6 Å². The van der Waals surface area contributed by atoms with Gasteiger partial charge in [-0.25, -0.2) is 14.2 Å². The minimum atomic E-state index is -1.95. The number of oxazole rings is 1. The highest BCUT2D eigenvalue weighted by atomic mass is 19.1. The van der Waals surface area contributed by atoms with Gasteiger partial charge < -0.3 is 24.5 Å². The lowest BCUT2D eigenvalue weighted by molar-refractivity contribution is -0.172. The number of halogens is 1. The van der Waals surface area contributed by atoms with E-state index >= 15 is 0 Å². The summed E-state index contributed by atoms with van der Waals surface area (Å²) < 4.78 is 30.7. The van der Waals surface area contributed by atoms with Crippen LogP contribution in [0.2, 0.25) is 0 Å². The fourth-order valence-electron chi connectivity index (χ4n) is 6.27. The highest BCUT2D eigenvalue weighted by molar-refractivity contribution is 6.06. The molecule has 2 aromatic rings. The maximum absolute atomic E-state index is 14.5. The molecule has 2 atom stereocenters. The number of primary amides is 1. The Labute approximate surface area is 209 Å². The van der Waals surface area contributed by atoms with Crippen molar-refractivity contribution in [2.24, 2.45) is 17.1 Å². The molecule has 0 radical (unpaired) electrons. The third-order valence-electron chi connectivity index (χ3n) is 7.94. The van der Waals surface area contributed by atoms with Crippen molar-refractivity contribution >= 4 is 28.9 Å². The molecule has 10 heteroatoms. The first kappa shape index (κ1) is 26.1. The molecule has 1 saturated carbocycles. The summed E-state index contributed by atoms with van der Waals surface area (Å²) in [6, 6.07) is 3.75. The molecule has 9 nitrogen and oxygen atoms in total. The average molecular weight is 504 g/mol. The van der Waals surface area contributed by atoms with Gasteiger partial charge in [0.05, 0.1) is 18.6 Å². The summed E-state index contributed by atoms with van der Waals surface area (Å²) in [4.78, 5) is 47.2. The number of carbonyl (C=O) groups excluding carboxylic acids is 3. The van der Waals surface area contributed by atoms with Crippen LogP contribution in [-0.2, 0) is 14.3 Å². The summed E-state index contributed by atoms with van der Waals surface area (Å²) in [6.45, 7) is 5.06. The van der Waals surface area contributed by atoms with Gasteiger partial charge in [-0.05, 0) is 43.7 Å². The quantitative estimate of drug-likeness (QED) is 0.535. The van der Waals surface area contributed by atoms with Crippen LogP contribution in [0.5, 0.6) is 0 Å². The van der Waals surface area contributed by atoms with Crippen LogP contribution in [0, 0.1) is 17.2 Å². The fourth-order valence-corrected chi connectivity index (χ4v) is 6.27. The average Bonchev–Trinajstić information content (AvgIpc) is 3.32. The van der Waals surface area contributed by atoms with Gasteiger partial charge in [-0.1, -0.05) is 33.1 Å². The Kier molecular flexibility index (Phi) is 7.63. The van der Waals surface area contributed by atoms with Crippen LogP contribution >= 0.6 is 0 Å². The molecule has 1 unspecified atom stereocenters. The molecule has 2 amide bonds. The smallest absolute Gasteiger partial charge is 0.405 e. The number of morpholine rings is 1. The molecule has 1 aromatic heterocycles. The molecule has 4 rings (SSSR count). The second-order valence-electron chi connectivity index (χ2n) is 9.63. The van der Waals surface area contributed by atoms with Gasteiger partial charge in [-0.15, -0.1) is 0 Å². The van der Waals surface area contributed by atoms with E-state index < -0.39 is 28.7 Å². The maximum atomic E-state index is 14.5. The Morgan fingerprint density at radius 2 is 1.83 bits per heavy atom. The van der Waals surface area contributed by atoms with Crippen LogP contribution in [0.4, 0.5) is 9.18 Å². The molecule has 1 aliphatic heterocycles. The van der Waals surface area contributed by atoms with E-state index in [2.05, 4.69) is 4.98 Å². The number of ether oxygens (including phenoxy) is 2. The van der Waals surface area contributed by atoms with Gasteiger partial charge in [-0.3, -0.25) is 9.59 Å². The molecule has 36 heavy (non-hydrogen) atoms. The van der Waals surface area contributed by atoms with Gasteiger partial charge in [0.15, 0.2) is 11.2 Å². The van der Waals surface area contributed by atoms with Crippen molar-refractivity contribution in [3.8, 4) is 0 Å². The SMILES string of the molecule is CCC(C(=O)N1CCOCC1)(C1CCCCC1)[C@](CC)(OC(N)=O)C(=O)c1nc2ccc(F)cc2o1. The highest BCUT2D eigenvalue weighted by Gasteiger charge is 2.66. The number of nitrogens with two attached hydrogens (primary N) is 1. The number of carbonyl (C=O) groups is 3. The van der Waals surface area contributed by atoms with E-state index in [0.29, 0.717) is 39.1 Å². The largest absolute Gasteiger partial charge is 0.433 e. The predicted octanol–water partition coefficient (Wildman–Crippen LogP) is 4.23. The highest BCUT2D eigenvalue weighted by Crippen LogP contribution is 2.54. The zero-order chi connectivity index (χ0) is 25.9. The number of rotatable bonds is 8. The number of hydrogen-bond donors (Lipinski definition) is 1. The first-order chi connectivity index (χ1) is 17.3. The summed E-state index contributed by atoms with van der Waals surface area (Å²) in [5, 5.41) is 0. The number of amides is 2. The van der Waals surface area contributed by atoms with Crippen LogP contribution in [0.1, 0.15) is 69.5 Å². The Hall–Kier alpha value is -3.01. The molecule has 1 saturated heterocycles. The fraction of sp³-hybridized carbons (Fsp3) is 0.615. The van der Waals surface area contributed by atoms with Crippen molar-refractivity contribution < 1.29 is 32.7 Å². The van der Waals surface area contributed by atoms with Crippen LogP contribution in [0.3, 0.4) is 0 Å². The van der Waals surface area contributed by atoms with Crippen LogP contribution < -0.4 is 5.73 Å². The third kappa shape index (κ3) is 4.36. The number of benzene rings is 1. The van der Waals surface area contributed by atoms with Gasteiger partial charge >= 0.3 is 6.09 Å². The first-order valence-electron chi connectivity index (χ1n) is 12.8. The number of hydrogen-bond acceptors (Lipinski definition) is 7. The zero-order valence-corrected chi connectivity index (χ0v) is 20.9. The number of aromatic nitrogens is 1. The van der Waals surface area contributed by atoms with E-state index in [4.69, 9.17) is 19.6 Å². The molecule has 0 spiro atoms. The minimum absolute atomic E-state index is 0.0116. The summed E-state index contributed by atoms with van der Waals surface area (Å²) in [5.74, 6) is -2.10. The lowest BCUT2D eigenvalue weighted by Gasteiger charge is -2.53. The molecule has 2 fully saturated rings. The van der Waals surface area contributed by atoms with Crippen molar-refractivity contribution in [3.63, 3.8) is 0 Å². The number of nitrogens with zero attached hydrogens (tertiary/aromatic N) is 2. The van der Waals surface area contributed by atoms with Gasteiger partial charge in [0, 0.05) is 19.2 Å². The molecule has 0 bridgehead atoms. The number of ketones is 1. The Bertz CT molecular complexity index is 1120. The maximum Gasteiger partial charge on any atom is 0.405 e. The van der Waals surface area contributed by atoms with E-state index in [1.54, 1.807) is 11.8 Å². The van der Waals surface area contributed by atoms with Gasteiger partial charge in [-0.2, -0.15) is 0 Å². The summed E-state index contributed by atoms with van der Waals surface area (Å²) in [7, 11) is 0. The molecule has 196 valence electrons. The number of fused-ring (bicyclic) bond motifs is 1. The van der Waals surface area contributed by atoms with E-state index in [-0.39, 0.29) is 41.7 Å². The van der Waals surface area contributed by atoms with Gasteiger partial charge in [0.2, 0.25) is 5.91 Å². The predicted molar refractivity (Wildman–Crippen MR) is 129 cm³/mol. The second kappa shape index (κ2) is 10.5. The normalized spacial score (nSPS) is 20.5. The van der Waals surface area contributed by atoms with Crippen LogP contribution in [0.25, 0.3) is 11.1 Å². The molecule has 1 aromatic carbocycles. The molecular weight excluding hydrogens is 469 g/mol. The second-order valence-corrected chi connectivity index (χ2v) is 9.63. The van der Waals surface area contributed by atoms with Crippen molar-refractivity contribution in [1.29, 1.82) is 0 Å². The van der Waals surface area contributed by atoms with E-state index in [1.165, 1.54) is 12.1 Å². The topological polar surface area (TPSA) is 125 Å². The lowest BCUT2D eigenvalue weighted by Crippen LogP contribution is -2.67. The molecule has 2 N–H and O–H groups in total. The standard InChI is InChI=1S/C26H34FN3O6/c1-3-25(17-8-6-5-7-9-17,23(32)30-12-14-34-15-13-30)26(4-2,36-24(28)33)21(31)22-29-19-11-10-18(27)16-20(19)35-22/h10-11,16-17H,3-9,12-15H2,1-2H3,(H2,28,33)/t25?,26-/m1/s1. The van der Waals surface area contributed by atoms with Crippen molar-refractivity contribution in [2.45, 2.75) is 64.4 Å². The molecule has 2 heterocycles. The first-order valence-corrected chi connectivity index (χ1v) is 12.8. The number of Topliss-reactive ketones (excluding diaryl/α,β-unsaturated/α-hetero) is 1. The van der Waals surface area contributed by atoms with Crippen molar-refractivity contribution in [1.82, 2.24) is 9.88 Å². The van der Waals surface area contributed by atoms with E-state index in [1.807, 2.05) is 6.92 Å². The van der Waals surface area contributed by atoms with Gasteiger partial charge in [0.25, 0.3) is 11.7 Å². The Morgan fingerprint density at radius 1 is 1.14 bits per heavy atom. The monoisotopic (exact) mass is 503 g/mol. The van der Waals surface area contributed by atoms with Crippen molar-refractivity contribution in [3.05, 3.63) is 29.9 Å². The summed E-state index contributed by atoms with van der Waals surface area (Å²) in [5.41, 5.74) is 2.59. The van der Waals surface area contributed by atoms with Crippen molar-refractivity contribution in [2.75, 3.05) is 26.3 Å². The summed E-state index contributed by atoms with van der Waals surface area (Å²) >= 11 is 0. The van der Waals surface area contributed by atoms with E-state index in [0.717, 1.165) is 25.3 Å². The molecular formula is C26H34FN3O6. The molecule has 1 aliphatic carbocycles. The molecule has 2 aliphatic rings. The summed E-state index contributed by atoms with van der Waals surface area (Å²) in [6.07, 6.45) is 3.32. The van der Waals surface area contributed by atoms with Crippen LogP contribution in [-0.4, -0.2) is 59.6 Å². The lowest BCUT2D eigenvalue weighted by atomic mass is 9.55. The Balaban J connectivity index is 1.92. The minimum Gasteiger partial charge on any atom is -0.433 e. The zero-order valence-electron chi connectivity index (χ0n) is 20.9. The van der Waals surface area contributed by atoms with Gasteiger partial charge in [0.1, 0.15) is 11.3 Å². The van der Waals surface area contributed by atoms with E-state index in [9.17, 15) is 18.8 Å².